The summed E-state index contributed by atoms with van der Waals surface area (Å²) in [6, 6.07) is 10.8. The number of nitrogens with one attached hydrogen (secondary N) is 3. The van der Waals surface area contributed by atoms with Gasteiger partial charge in [0.2, 0.25) is 11.8 Å². The number of phenols is 1. The Labute approximate surface area is 226 Å². The molecule has 0 saturated heterocycles. The molecule has 0 aromatic heterocycles. The minimum atomic E-state index is -1.11. The molecule has 3 amide bonds. The summed E-state index contributed by atoms with van der Waals surface area (Å²) in [5.74, 6) is -1.61. The van der Waals surface area contributed by atoms with Crippen LogP contribution < -0.4 is 16.2 Å². The van der Waals surface area contributed by atoms with Crippen molar-refractivity contribution in [1.82, 2.24) is 16.2 Å². The van der Waals surface area contributed by atoms with E-state index in [-0.39, 0.29) is 48.1 Å². The van der Waals surface area contributed by atoms with E-state index in [0.717, 1.165) is 0 Å². The van der Waals surface area contributed by atoms with Crippen molar-refractivity contribution in [3.05, 3.63) is 53.6 Å². The smallest absolute Gasteiger partial charge is 0.426 e. The number of amides is 3. The van der Waals surface area contributed by atoms with Crippen molar-refractivity contribution in [2.24, 2.45) is 10.2 Å². The number of phenolic OH excluding ortho intramolecular Hbond substituents is 1. The third-order valence-electron chi connectivity index (χ3n) is 5.20. The fourth-order valence-corrected chi connectivity index (χ4v) is 3.33. The van der Waals surface area contributed by atoms with E-state index >= 15 is 0 Å². The third-order valence-corrected chi connectivity index (χ3v) is 5.20. The summed E-state index contributed by atoms with van der Waals surface area (Å²) in [6.45, 7) is 5.60. The minimum absolute atomic E-state index is 0.0205. The average Bonchev–Trinajstić information content (AvgIpc) is 2.87. The Kier molecular flexibility index (Phi) is 11.9. The van der Waals surface area contributed by atoms with Gasteiger partial charge < -0.3 is 20.3 Å². The van der Waals surface area contributed by atoms with Crippen molar-refractivity contribution in [3.63, 3.8) is 0 Å². The number of rotatable bonds is 12. The van der Waals surface area contributed by atoms with Crippen molar-refractivity contribution in [2.75, 3.05) is 6.54 Å². The van der Waals surface area contributed by atoms with Crippen LogP contribution in [-0.4, -0.2) is 46.2 Å². The molecule has 12 nitrogen and oxygen atoms in total. The largest absolute Gasteiger partial charge is 0.508 e. The van der Waals surface area contributed by atoms with Gasteiger partial charge in [0.15, 0.2) is 0 Å². The first-order valence-electron chi connectivity index (χ1n) is 12.5. The van der Waals surface area contributed by atoms with Crippen LogP contribution in [0.3, 0.4) is 0 Å². The summed E-state index contributed by atoms with van der Waals surface area (Å²) in [6.07, 6.45) is 1.88. The number of azo groups is 1. The monoisotopic (exact) mass is 541 g/mol. The normalized spacial score (nSPS) is 11.2. The van der Waals surface area contributed by atoms with E-state index in [1.165, 1.54) is 18.2 Å². The lowest BCUT2D eigenvalue weighted by molar-refractivity contribution is -0.122. The first-order valence-corrected chi connectivity index (χ1v) is 12.5. The lowest BCUT2D eigenvalue weighted by Gasteiger charge is -2.19. The predicted molar refractivity (Wildman–Crippen MR) is 143 cm³/mol. The number of aromatic hydroxyl groups is 1. The van der Waals surface area contributed by atoms with Crippen LogP contribution in [0.15, 0.2) is 52.7 Å². The molecule has 0 heterocycles. The van der Waals surface area contributed by atoms with E-state index in [1.807, 2.05) is 0 Å². The molecule has 2 rings (SSSR count). The van der Waals surface area contributed by atoms with Crippen LogP contribution in [-0.2, 0) is 20.7 Å². The molecule has 0 fully saturated rings. The van der Waals surface area contributed by atoms with Gasteiger partial charge in [-0.1, -0.05) is 18.6 Å². The number of hydrazine groups is 1. The fourth-order valence-electron chi connectivity index (χ4n) is 3.33. The molecule has 5 N–H and O–H groups in total. The molecule has 0 atom stereocenters. The Bertz CT molecular complexity index is 1190. The zero-order chi connectivity index (χ0) is 28.8. The number of aromatic carboxylic acids is 1. The van der Waals surface area contributed by atoms with Crippen molar-refractivity contribution in [1.29, 1.82) is 0 Å². The van der Waals surface area contributed by atoms with Gasteiger partial charge in [-0.2, -0.15) is 5.11 Å². The lowest BCUT2D eigenvalue weighted by atomic mass is 10.1. The van der Waals surface area contributed by atoms with Gasteiger partial charge >= 0.3 is 12.1 Å². The molecule has 0 radical (unpaired) electrons. The number of hydrogen-bond acceptors (Lipinski definition) is 8. The van der Waals surface area contributed by atoms with Gasteiger partial charge in [0.05, 0.1) is 11.3 Å². The van der Waals surface area contributed by atoms with Crippen molar-refractivity contribution in [3.8, 4) is 5.75 Å². The highest BCUT2D eigenvalue weighted by Gasteiger charge is 2.16. The molecule has 12 heteroatoms. The molecule has 0 aliphatic carbocycles. The number of carboxylic acids is 1. The van der Waals surface area contributed by atoms with Gasteiger partial charge in [-0.3, -0.25) is 15.0 Å². The van der Waals surface area contributed by atoms with Gasteiger partial charge in [-0.05, 0) is 75.9 Å². The second-order valence-electron chi connectivity index (χ2n) is 9.67. The highest BCUT2D eigenvalue weighted by atomic mass is 16.6. The summed E-state index contributed by atoms with van der Waals surface area (Å²) in [7, 11) is 0. The number of hydrogen-bond donors (Lipinski definition) is 5. The van der Waals surface area contributed by atoms with Gasteiger partial charge in [0.1, 0.15) is 17.0 Å². The Morgan fingerprint density at radius 2 is 1.64 bits per heavy atom. The highest BCUT2D eigenvalue weighted by molar-refractivity contribution is 5.93. The van der Waals surface area contributed by atoms with Gasteiger partial charge in [0.25, 0.3) is 0 Å². The van der Waals surface area contributed by atoms with E-state index in [0.29, 0.717) is 37.1 Å². The van der Waals surface area contributed by atoms with Crippen LogP contribution in [0.4, 0.5) is 16.2 Å². The molecule has 0 aliphatic heterocycles. The number of carbonyl (C=O) groups is 4. The zero-order valence-electron chi connectivity index (χ0n) is 22.3. The van der Waals surface area contributed by atoms with E-state index in [2.05, 4.69) is 26.4 Å². The summed E-state index contributed by atoms with van der Waals surface area (Å²) >= 11 is 0. The van der Waals surface area contributed by atoms with Crippen molar-refractivity contribution in [2.45, 2.75) is 64.9 Å². The molecule has 39 heavy (non-hydrogen) atoms. The van der Waals surface area contributed by atoms with E-state index in [4.69, 9.17) is 4.74 Å². The highest BCUT2D eigenvalue weighted by Crippen LogP contribution is 2.27. The van der Waals surface area contributed by atoms with E-state index < -0.39 is 17.7 Å². The number of ether oxygens (including phenoxy) is 1. The number of carboxylic acid groups (broad SMARTS) is 1. The van der Waals surface area contributed by atoms with Crippen LogP contribution in [0.2, 0.25) is 0 Å². The Morgan fingerprint density at radius 1 is 0.897 bits per heavy atom. The predicted octanol–water partition coefficient (Wildman–Crippen LogP) is 4.67. The first-order chi connectivity index (χ1) is 18.4. The zero-order valence-corrected chi connectivity index (χ0v) is 22.3. The molecule has 2 aromatic rings. The van der Waals surface area contributed by atoms with Crippen LogP contribution in [0, 0.1) is 0 Å². The van der Waals surface area contributed by atoms with Crippen molar-refractivity contribution < 1.29 is 34.1 Å². The van der Waals surface area contributed by atoms with Crippen LogP contribution in [0.1, 0.15) is 68.8 Å². The van der Waals surface area contributed by atoms with Crippen molar-refractivity contribution >= 4 is 35.3 Å². The van der Waals surface area contributed by atoms with Gasteiger partial charge in [-0.25, -0.2) is 15.0 Å². The number of aryl methyl sites for hydroxylation is 1. The maximum absolute atomic E-state index is 12.2. The third kappa shape index (κ3) is 12.1. The fraction of sp³-hybridized carbons (Fsp3) is 0.407. The SMILES string of the molecule is CC(C)(C)OC(=O)NNC(=O)CCCCCNC(=O)CCc1cc(/N=N/c2ccccc2C(=O)O)ccc1O. The molecular weight excluding hydrogens is 506 g/mol. The number of benzene rings is 2. The lowest BCUT2D eigenvalue weighted by Crippen LogP contribution is -2.44. The maximum Gasteiger partial charge on any atom is 0.426 e. The first kappa shape index (κ1) is 30.7. The summed E-state index contributed by atoms with van der Waals surface area (Å²) in [4.78, 5) is 46.8. The standard InChI is InChI=1S/C27H35N5O7/c1-27(2,3)39-26(38)32-31-24(35)11-5-4-8-16-28-23(34)15-12-18-17-19(13-14-22(18)33)29-30-21-10-7-6-9-20(21)25(36)37/h6-7,9-10,13-14,17,33H,4-5,8,11-12,15-16H2,1-3H3,(H,28,34)(H,31,35)(H,32,38)(H,36,37)/b30-29+. The van der Waals surface area contributed by atoms with Gasteiger partial charge in [-0.15, -0.1) is 5.11 Å². The Morgan fingerprint density at radius 3 is 2.36 bits per heavy atom. The quantitative estimate of drug-likeness (QED) is 0.147. The molecule has 0 spiro atoms. The minimum Gasteiger partial charge on any atom is -0.508 e. The van der Waals surface area contributed by atoms with Crippen LogP contribution in [0.5, 0.6) is 5.75 Å². The van der Waals surface area contributed by atoms with Gasteiger partial charge in [0, 0.05) is 19.4 Å². The Balaban J connectivity index is 1.68. The topological polar surface area (TPSA) is 179 Å². The molecular formula is C27H35N5O7. The molecule has 0 aliphatic rings. The second kappa shape index (κ2) is 15.1. The number of unbranched alkanes of at least 4 members (excludes halogenated alkanes) is 2. The van der Waals surface area contributed by atoms with Crippen LogP contribution in [0.25, 0.3) is 0 Å². The molecule has 210 valence electrons. The second-order valence-corrected chi connectivity index (χ2v) is 9.67. The number of carbonyl (C=O) groups excluding carboxylic acids is 3. The average molecular weight is 542 g/mol. The summed E-state index contributed by atoms with van der Waals surface area (Å²) < 4.78 is 5.02. The maximum atomic E-state index is 12.2. The van der Waals surface area contributed by atoms with Crippen LogP contribution >= 0.6 is 0 Å². The van der Waals surface area contributed by atoms with E-state index in [1.54, 1.807) is 45.0 Å². The number of nitrogens with zero attached hydrogens (tertiary/aromatic N) is 2. The Hall–Kier alpha value is -4.48. The molecule has 0 bridgehead atoms. The van der Waals surface area contributed by atoms with E-state index in [9.17, 15) is 29.4 Å². The molecule has 0 unspecified atom stereocenters. The molecule has 0 saturated carbocycles. The molecule has 2 aromatic carbocycles. The summed E-state index contributed by atoms with van der Waals surface area (Å²) in [5.41, 5.74) is 4.98. The summed E-state index contributed by atoms with van der Waals surface area (Å²) in [5, 5.41) is 30.3.